The highest BCUT2D eigenvalue weighted by Gasteiger charge is 2.02. The third kappa shape index (κ3) is 2.74. The maximum atomic E-state index is 12.9. The first kappa shape index (κ1) is 11.7. The zero-order valence-electron chi connectivity index (χ0n) is 10.3. The standard InChI is InChI=1S/C17H13FO/c18-17-6-4-15(5-7-17)16-3-1-2-13(11-16)10-14-8-9-19-12-14/h1-9,11-12H,10H2. The summed E-state index contributed by atoms with van der Waals surface area (Å²) in [6.45, 7) is 0. The van der Waals surface area contributed by atoms with Crippen molar-refractivity contribution in [3.8, 4) is 11.1 Å². The summed E-state index contributed by atoms with van der Waals surface area (Å²) in [4.78, 5) is 0. The van der Waals surface area contributed by atoms with Gasteiger partial charge < -0.3 is 4.42 Å². The van der Waals surface area contributed by atoms with Crippen LogP contribution < -0.4 is 0 Å². The first-order chi connectivity index (χ1) is 9.31. The number of furan rings is 1. The van der Waals surface area contributed by atoms with E-state index in [1.165, 1.54) is 17.7 Å². The molecule has 2 aromatic carbocycles. The lowest BCUT2D eigenvalue weighted by Crippen LogP contribution is -1.87. The Morgan fingerprint density at radius 2 is 1.68 bits per heavy atom. The zero-order chi connectivity index (χ0) is 13.1. The van der Waals surface area contributed by atoms with E-state index in [0.717, 1.165) is 23.1 Å². The Kier molecular flexibility index (Phi) is 3.15. The molecular weight excluding hydrogens is 239 g/mol. The molecule has 0 saturated heterocycles. The van der Waals surface area contributed by atoms with E-state index >= 15 is 0 Å². The second-order valence-electron chi connectivity index (χ2n) is 4.52. The summed E-state index contributed by atoms with van der Waals surface area (Å²) in [7, 11) is 0. The van der Waals surface area contributed by atoms with Crippen molar-refractivity contribution in [2.75, 3.05) is 0 Å². The van der Waals surface area contributed by atoms with Crippen LogP contribution in [0.1, 0.15) is 11.1 Å². The van der Waals surface area contributed by atoms with Crippen LogP contribution in [-0.2, 0) is 6.42 Å². The molecule has 0 amide bonds. The Morgan fingerprint density at radius 1 is 0.842 bits per heavy atom. The highest BCUT2D eigenvalue weighted by Crippen LogP contribution is 2.22. The van der Waals surface area contributed by atoms with Gasteiger partial charge in [-0.25, -0.2) is 4.39 Å². The van der Waals surface area contributed by atoms with E-state index in [0.29, 0.717) is 0 Å². The summed E-state index contributed by atoms with van der Waals surface area (Å²) in [6, 6.07) is 16.8. The van der Waals surface area contributed by atoms with Gasteiger partial charge in [0.25, 0.3) is 0 Å². The van der Waals surface area contributed by atoms with Gasteiger partial charge in [-0.3, -0.25) is 0 Å². The molecular formula is C17H13FO. The summed E-state index contributed by atoms with van der Waals surface area (Å²) in [5.74, 6) is -0.210. The molecule has 19 heavy (non-hydrogen) atoms. The Bertz CT molecular complexity index is 654. The lowest BCUT2D eigenvalue weighted by molar-refractivity contribution is 0.564. The van der Waals surface area contributed by atoms with Crippen LogP contribution in [0.3, 0.4) is 0 Å². The molecule has 0 N–H and O–H groups in total. The van der Waals surface area contributed by atoms with Crippen molar-refractivity contribution in [3.63, 3.8) is 0 Å². The molecule has 0 unspecified atom stereocenters. The van der Waals surface area contributed by atoms with E-state index in [1.54, 1.807) is 24.7 Å². The Labute approximate surface area is 111 Å². The fourth-order valence-electron chi connectivity index (χ4n) is 2.13. The number of halogens is 1. The molecule has 0 aliphatic carbocycles. The van der Waals surface area contributed by atoms with Gasteiger partial charge in [-0.1, -0.05) is 36.4 Å². The van der Waals surface area contributed by atoms with Crippen molar-refractivity contribution in [2.45, 2.75) is 6.42 Å². The van der Waals surface area contributed by atoms with Crippen molar-refractivity contribution in [3.05, 3.63) is 84.1 Å². The minimum atomic E-state index is -0.210. The monoisotopic (exact) mass is 252 g/mol. The van der Waals surface area contributed by atoms with Gasteiger partial charge in [0.1, 0.15) is 5.82 Å². The molecule has 1 heterocycles. The Balaban J connectivity index is 1.89. The minimum absolute atomic E-state index is 0.210. The Hall–Kier alpha value is -2.35. The predicted molar refractivity (Wildman–Crippen MR) is 73.4 cm³/mol. The smallest absolute Gasteiger partial charge is 0.123 e. The molecule has 0 aliphatic rings. The molecule has 3 aromatic rings. The van der Waals surface area contributed by atoms with Gasteiger partial charge in [-0.05, 0) is 40.5 Å². The van der Waals surface area contributed by atoms with Crippen LogP contribution >= 0.6 is 0 Å². The van der Waals surface area contributed by atoms with Gasteiger partial charge in [0, 0.05) is 6.42 Å². The summed E-state index contributed by atoms with van der Waals surface area (Å²) in [5.41, 5.74) is 4.48. The van der Waals surface area contributed by atoms with Crippen molar-refractivity contribution in [2.24, 2.45) is 0 Å². The molecule has 2 heteroatoms. The molecule has 0 bridgehead atoms. The van der Waals surface area contributed by atoms with Gasteiger partial charge in [-0.15, -0.1) is 0 Å². The van der Waals surface area contributed by atoms with Crippen LogP contribution in [0.2, 0.25) is 0 Å². The Morgan fingerprint density at radius 3 is 2.42 bits per heavy atom. The van der Waals surface area contributed by atoms with Crippen molar-refractivity contribution in [1.29, 1.82) is 0 Å². The molecule has 0 atom stereocenters. The minimum Gasteiger partial charge on any atom is -0.472 e. The average Bonchev–Trinajstić information content (AvgIpc) is 2.93. The van der Waals surface area contributed by atoms with E-state index < -0.39 is 0 Å². The quantitative estimate of drug-likeness (QED) is 0.659. The topological polar surface area (TPSA) is 13.1 Å². The SMILES string of the molecule is Fc1ccc(-c2cccc(Cc3ccoc3)c2)cc1. The number of hydrogen-bond acceptors (Lipinski definition) is 1. The number of hydrogen-bond donors (Lipinski definition) is 0. The number of rotatable bonds is 3. The van der Waals surface area contributed by atoms with E-state index in [1.807, 2.05) is 18.2 Å². The van der Waals surface area contributed by atoms with Crippen LogP contribution in [0.25, 0.3) is 11.1 Å². The zero-order valence-corrected chi connectivity index (χ0v) is 10.3. The summed E-state index contributed by atoms with van der Waals surface area (Å²) in [6.07, 6.45) is 4.27. The molecule has 0 spiro atoms. The van der Waals surface area contributed by atoms with Crippen LogP contribution in [0.15, 0.2) is 71.5 Å². The van der Waals surface area contributed by atoms with Crippen LogP contribution in [0, 0.1) is 5.82 Å². The van der Waals surface area contributed by atoms with E-state index in [-0.39, 0.29) is 5.82 Å². The molecule has 94 valence electrons. The maximum absolute atomic E-state index is 12.9. The molecule has 1 aromatic heterocycles. The predicted octanol–water partition coefficient (Wildman–Crippen LogP) is 4.68. The first-order valence-corrected chi connectivity index (χ1v) is 6.17. The molecule has 0 fully saturated rings. The molecule has 0 radical (unpaired) electrons. The highest BCUT2D eigenvalue weighted by atomic mass is 19.1. The summed E-state index contributed by atoms with van der Waals surface area (Å²) >= 11 is 0. The second kappa shape index (κ2) is 5.11. The first-order valence-electron chi connectivity index (χ1n) is 6.17. The summed E-state index contributed by atoms with van der Waals surface area (Å²) < 4.78 is 18.0. The maximum Gasteiger partial charge on any atom is 0.123 e. The van der Waals surface area contributed by atoms with Crippen molar-refractivity contribution >= 4 is 0 Å². The molecule has 3 rings (SSSR count). The largest absolute Gasteiger partial charge is 0.472 e. The fourth-order valence-corrected chi connectivity index (χ4v) is 2.13. The fraction of sp³-hybridized carbons (Fsp3) is 0.0588. The molecule has 0 aliphatic heterocycles. The van der Waals surface area contributed by atoms with Gasteiger partial charge in [-0.2, -0.15) is 0 Å². The third-order valence-electron chi connectivity index (χ3n) is 3.09. The van der Waals surface area contributed by atoms with Gasteiger partial charge in [0.05, 0.1) is 12.5 Å². The lowest BCUT2D eigenvalue weighted by atomic mass is 10.0. The third-order valence-corrected chi connectivity index (χ3v) is 3.09. The average molecular weight is 252 g/mol. The van der Waals surface area contributed by atoms with E-state index in [9.17, 15) is 4.39 Å². The normalized spacial score (nSPS) is 10.6. The van der Waals surface area contributed by atoms with Crippen molar-refractivity contribution < 1.29 is 8.81 Å². The second-order valence-corrected chi connectivity index (χ2v) is 4.52. The van der Waals surface area contributed by atoms with Gasteiger partial charge in [0.15, 0.2) is 0 Å². The van der Waals surface area contributed by atoms with Crippen LogP contribution in [-0.4, -0.2) is 0 Å². The van der Waals surface area contributed by atoms with E-state index in [4.69, 9.17) is 4.42 Å². The number of benzene rings is 2. The van der Waals surface area contributed by atoms with Gasteiger partial charge in [0.2, 0.25) is 0 Å². The van der Waals surface area contributed by atoms with Gasteiger partial charge >= 0.3 is 0 Å². The highest BCUT2D eigenvalue weighted by molar-refractivity contribution is 5.64. The van der Waals surface area contributed by atoms with E-state index in [2.05, 4.69) is 12.1 Å². The summed E-state index contributed by atoms with van der Waals surface area (Å²) in [5, 5.41) is 0. The molecule has 1 nitrogen and oxygen atoms in total. The molecule has 0 saturated carbocycles. The van der Waals surface area contributed by atoms with Crippen molar-refractivity contribution in [1.82, 2.24) is 0 Å². The lowest BCUT2D eigenvalue weighted by Gasteiger charge is -2.05. The van der Waals surface area contributed by atoms with Crippen LogP contribution in [0.5, 0.6) is 0 Å². The van der Waals surface area contributed by atoms with Crippen LogP contribution in [0.4, 0.5) is 4.39 Å².